The summed E-state index contributed by atoms with van der Waals surface area (Å²) in [6, 6.07) is 4.71. The van der Waals surface area contributed by atoms with Gasteiger partial charge in [-0.05, 0) is 54.1 Å². The molecule has 0 spiro atoms. The van der Waals surface area contributed by atoms with Gasteiger partial charge in [-0.15, -0.1) is 0 Å². The molecule has 1 aliphatic heterocycles. The van der Waals surface area contributed by atoms with Crippen molar-refractivity contribution in [3.8, 4) is 0 Å². The van der Waals surface area contributed by atoms with Gasteiger partial charge in [0.05, 0.1) is 4.47 Å². The standard InChI is InChI=1S/C13H16BrFN2O/c1-16-6-5-10(8-16)17(2)13(18)9-3-4-11(14)12(15)7-9/h3-4,7,10H,5-6,8H2,1-2H3. The Bertz CT molecular complexity index is 466. The first-order chi connectivity index (χ1) is 8.49. The maximum atomic E-state index is 13.4. The third-order valence-corrected chi connectivity index (χ3v) is 4.04. The molecule has 1 fully saturated rings. The van der Waals surface area contributed by atoms with E-state index < -0.39 is 5.82 Å². The zero-order valence-electron chi connectivity index (χ0n) is 10.5. The fourth-order valence-electron chi connectivity index (χ4n) is 2.23. The van der Waals surface area contributed by atoms with Crippen molar-refractivity contribution in [1.82, 2.24) is 9.80 Å². The van der Waals surface area contributed by atoms with Gasteiger partial charge in [0.1, 0.15) is 5.82 Å². The first kappa shape index (κ1) is 13.5. The van der Waals surface area contributed by atoms with E-state index >= 15 is 0 Å². The van der Waals surface area contributed by atoms with Crippen molar-refractivity contribution in [2.75, 3.05) is 27.2 Å². The Hall–Kier alpha value is -0.940. The van der Waals surface area contributed by atoms with Crippen LogP contribution >= 0.6 is 15.9 Å². The van der Waals surface area contributed by atoms with E-state index in [1.807, 2.05) is 7.05 Å². The van der Waals surface area contributed by atoms with Gasteiger partial charge in [-0.3, -0.25) is 4.79 Å². The van der Waals surface area contributed by atoms with Gasteiger partial charge in [0.15, 0.2) is 0 Å². The number of amides is 1. The summed E-state index contributed by atoms with van der Waals surface area (Å²) in [4.78, 5) is 16.1. The molecule has 1 saturated heterocycles. The molecule has 0 bridgehead atoms. The monoisotopic (exact) mass is 314 g/mol. The van der Waals surface area contributed by atoms with Crippen molar-refractivity contribution in [2.45, 2.75) is 12.5 Å². The zero-order valence-corrected chi connectivity index (χ0v) is 12.1. The third-order valence-electron chi connectivity index (χ3n) is 3.40. The molecule has 3 nitrogen and oxygen atoms in total. The summed E-state index contributed by atoms with van der Waals surface area (Å²) in [5.41, 5.74) is 0.396. The van der Waals surface area contributed by atoms with E-state index in [1.54, 1.807) is 24.1 Å². The second-order valence-corrected chi connectivity index (χ2v) is 5.60. The van der Waals surface area contributed by atoms with Crippen molar-refractivity contribution in [2.24, 2.45) is 0 Å². The molecule has 0 N–H and O–H groups in total. The van der Waals surface area contributed by atoms with Crippen molar-refractivity contribution >= 4 is 21.8 Å². The highest BCUT2D eigenvalue weighted by molar-refractivity contribution is 9.10. The van der Waals surface area contributed by atoms with Gasteiger partial charge < -0.3 is 9.80 Å². The van der Waals surface area contributed by atoms with E-state index in [0.717, 1.165) is 19.5 Å². The first-order valence-corrected chi connectivity index (χ1v) is 6.69. The van der Waals surface area contributed by atoms with Crippen LogP contribution in [0.4, 0.5) is 4.39 Å². The van der Waals surface area contributed by atoms with Gasteiger partial charge in [0.25, 0.3) is 5.91 Å². The Labute approximate surface area is 115 Å². The zero-order chi connectivity index (χ0) is 13.3. The lowest BCUT2D eigenvalue weighted by Gasteiger charge is -2.24. The molecule has 1 aromatic carbocycles. The second kappa shape index (κ2) is 5.36. The number of rotatable bonds is 2. The summed E-state index contributed by atoms with van der Waals surface area (Å²) in [6.07, 6.45) is 0.970. The van der Waals surface area contributed by atoms with E-state index in [0.29, 0.717) is 10.0 Å². The number of benzene rings is 1. The van der Waals surface area contributed by atoms with Gasteiger partial charge in [0.2, 0.25) is 0 Å². The number of halogens is 2. The molecule has 5 heteroatoms. The Morgan fingerprint density at radius 1 is 1.56 bits per heavy atom. The molecule has 1 aromatic rings. The van der Waals surface area contributed by atoms with E-state index in [1.165, 1.54) is 6.07 Å². The molecule has 1 heterocycles. The van der Waals surface area contributed by atoms with Crippen LogP contribution in [-0.4, -0.2) is 48.9 Å². The van der Waals surface area contributed by atoms with Crippen molar-refractivity contribution in [3.05, 3.63) is 34.1 Å². The van der Waals surface area contributed by atoms with E-state index in [9.17, 15) is 9.18 Å². The van der Waals surface area contributed by atoms with Crippen LogP contribution in [0, 0.1) is 5.82 Å². The summed E-state index contributed by atoms with van der Waals surface area (Å²) in [6.45, 7) is 1.87. The van der Waals surface area contributed by atoms with Gasteiger partial charge >= 0.3 is 0 Å². The van der Waals surface area contributed by atoms with Gasteiger partial charge in [-0.2, -0.15) is 0 Å². The first-order valence-electron chi connectivity index (χ1n) is 5.90. The lowest BCUT2D eigenvalue weighted by Crippen LogP contribution is -2.38. The molecule has 0 aliphatic carbocycles. The van der Waals surface area contributed by atoms with Crippen molar-refractivity contribution in [1.29, 1.82) is 0 Å². The maximum Gasteiger partial charge on any atom is 0.253 e. The number of nitrogens with zero attached hydrogens (tertiary/aromatic N) is 2. The molecule has 18 heavy (non-hydrogen) atoms. The average Bonchev–Trinajstić information content (AvgIpc) is 2.77. The predicted octanol–water partition coefficient (Wildman–Crippen LogP) is 2.36. The van der Waals surface area contributed by atoms with E-state index in [4.69, 9.17) is 0 Å². The SMILES string of the molecule is CN1CCC(N(C)C(=O)c2ccc(Br)c(F)c2)C1. The van der Waals surface area contributed by atoms with Crippen LogP contribution in [0.2, 0.25) is 0 Å². The molecule has 1 aliphatic rings. The van der Waals surface area contributed by atoms with Crippen LogP contribution in [0.1, 0.15) is 16.8 Å². The van der Waals surface area contributed by atoms with Crippen molar-refractivity contribution in [3.63, 3.8) is 0 Å². The molecule has 98 valence electrons. The summed E-state index contributed by atoms with van der Waals surface area (Å²) < 4.78 is 13.8. The average molecular weight is 315 g/mol. The summed E-state index contributed by atoms with van der Waals surface area (Å²) >= 11 is 3.08. The minimum Gasteiger partial charge on any atom is -0.337 e. The Morgan fingerprint density at radius 3 is 2.83 bits per heavy atom. The lowest BCUT2D eigenvalue weighted by molar-refractivity contribution is 0.0737. The molecule has 0 aromatic heterocycles. The maximum absolute atomic E-state index is 13.4. The van der Waals surface area contributed by atoms with Gasteiger partial charge in [-0.1, -0.05) is 0 Å². The fraction of sp³-hybridized carbons (Fsp3) is 0.462. The molecule has 1 unspecified atom stereocenters. The smallest absolute Gasteiger partial charge is 0.253 e. The molecule has 0 radical (unpaired) electrons. The molecule has 1 atom stereocenters. The molecular formula is C13H16BrFN2O. The minimum atomic E-state index is -0.405. The third kappa shape index (κ3) is 2.72. The number of hydrogen-bond acceptors (Lipinski definition) is 2. The lowest BCUT2D eigenvalue weighted by atomic mass is 10.1. The summed E-state index contributed by atoms with van der Waals surface area (Å²) in [5.74, 6) is -0.528. The van der Waals surface area contributed by atoms with Crippen LogP contribution in [-0.2, 0) is 0 Å². The molecule has 2 rings (SSSR count). The topological polar surface area (TPSA) is 23.6 Å². The Kier molecular flexibility index (Phi) is 4.02. The van der Waals surface area contributed by atoms with Crippen LogP contribution in [0.3, 0.4) is 0 Å². The number of carbonyl (C=O) groups is 1. The number of hydrogen-bond donors (Lipinski definition) is 0. The highest BCUT2D eigenvalue weighted by atomic mass is 79.9. The Morgan fingerprint density at radius 2 is 2.28 bits per heavy atom. The number of carbonyl (C=O) groups excluding carboxylic acids is 1. The van der Waals surface area contributed by atoms with Crippen LogP contribution < -0.4 is 0 Å². The van der Waals surface area contributed by atoms with Crippen molar-refractivity contribution < 1.29 is 9.18 Å². The van der Waals surface area contributed by atoms with Crippen LogP contribution in [0.25, 0.3) is 0 Å². The highest BCUT2D eigenvalue weighted by Crippen LogP contribution is 2.19. The largest absolute Gasteiger partial charge is 0.337 e. The number of likely N-dealkylation sites (tertiary alicyclic amines) is 1. The predicted molar refractivity (Wildman–Crippen MR) is 72.1 cm³/mol. The summed E-state index contributed by atoms with van der Waals surface area (Å²) in [7, 11) is 3.82. The van der Waals surface area contributed by atoms with Crippen LogP contribution in [0.5, 0.6) is 0 Å². The minimum absolute atomic E-state index is 0.123. The quantitative estimate of drug-likeness (QED) is 0.836. The fourth-order valence-corrected chi connectivity index (χ4v) is 2.47. The molecular weight excluding hydrogens is 299 g/mol. The van der Waals surface area contributed by atoms with E-state index in [-0.39, 0.29) is 11.9 Å². The second-order valence-electron chi connectivity index (χ2n) is 4.75. The van der Waals surface area contributed by atoms with E-state index in [2.05, 4.69) is 20.8 Å². The molecule has 1 amide bonds. The van der Waals surface area contributed by atoms with Crippen LogP contribution in [0.15, 0.2) is 22.7 Å². The summed E-state index contributed by atoms with van der Waals surface area (Å²) in [5, 5.41) is 0. The van der Waals surface area contributed by atoms with Gasteiger partial charge in [-0.25, -0.2) is 4.39 Å². The Balaban J connectivity index is 2.12. The normalized spacial score (nSPS) is 20.1. The highest BCUT2D eigenvalue weighted by Gasteiger charge is 2.27. The van der Waals surface area contributed by atoms with Gasteiger partial charge in [0, 0.05) is 25.2 Å². The number of likely N-dealkylation sites (N-methyl/N-ethyl adjacent to an activating group) is 2. The molecule has 0 saturated carbocycles.